The number of hydrogen-bond donors (Lipinski definition) is 3. The number of benzene rings is 3. The number of anilines is 1. The number of thioether (sulfide) groups is 1. The molecule has 0 bridgehead atoms. The van der Waals surface area contributed by atoms with E-state index in [1.165, 1.54) is 11.0 Å². The van der Waals surface area contributed by atoms with E-state index in [-0.39, 0.29) is 5.75 Å². The number of fused-ring (bicyclic) bond motifs is 1. The van der Waals surface area contributed by atoms with Crippen LogP contribution in [0, 0.1) is 6.92 Å². The van der Waals surface area contributed by atoms with E-state index < -0.39 is 41.6 Å². The summed E-state index contributed by atoms with van der Waals surface area (Å²) in [7, 11) is 0. The molecule has 0 aromatic heterocycles. The molecule has 3 amide bonds. The minimum Gasteiger partial charge on any atom is -0.508 e. The fraction of sp³-hybridized carbons (Fsp3) is 0.406. The Morgan fingerprint density at radius 3 is 2.29 bits per heavy atom. The van der Waals surface area contributed by atoms with Crippen molar-refractivity contribution < 1.29 is 24.2 Å². The fourth-order valence-electron chi connectivity index (χ4n) is 4.57. The third-order valence-corrected chi connectivity index (χ3v) is 7.13. The zero-order valence-electron chi connectivity index (χ0n) is 24.9. The SMILES string of the molecule is CSCCC(NC(=O)OC(C)(C)C)C(=O)N(C(C)C)C(C(=O)Nc1ccc2ccccc2c1)c1ccc(O)c(C)c1. The molecule has 2 unspecified atom stereocenters. The third-order valence-electron chi connectivity index (χ3n) is 6.49. The fourth-order valence-corrected chi connectivity index (χ4v) is 5.04. The van der Waals surface area contributed by atoms with E-state index in [0.717, 1.165) is 10.8 Å². The molecule has 0 spiro atoms. The van der Waals surface area contributed by atoms with Crippen LogP contribution in [0.2, 0.25) is 0 Å². The van der Waals surface area contributed by atoms with Crippen LogP contribution in [-0.4, -0.2) is 57.6 Å². The highest BCUT2D eigenvalue weighted by Crippen LogP contribution is 2.30. The van der Waals surface area contributed by atoms with Crippen LogP contribution in [-0.2, 0) is 14.3 Å². The van der Waals surface area contributed by atoms with Crippen molar-refractivity contribution in [2.45, 2.75) is 71.7 Å². The summed E-state index contributed by atoms with van der Waals surface area (Å²) in [5.41, 5.74) is 0.978. The Bertz CT molecular complexity index is 1390. The van der Waals surface area contributed by atoms with Gasteiger partial charge in [-0.3, -0.25) is 9.59 Å². The second-order valence-corrected chi connectivity index (χ2v) is 12.3. The molecule has 0 saturated heterocycles. The van der Waals surface area contributed by atoms with Crippen molar-refractivity contribution in [2.24, 2.45) is 0 Å². The highest BCUT2D eigenvalue weighted by Gasteiger charge is 2.38. The number of alkyl carbamates (subject to hydrolysis) is 1. The van der Waals surface area contributed by atoms with Gasteiger partial charge in [0.25, 0.3) is 5.91 Å². The van der Waals surface area contributed by atoms with Crippen LogP contribution in [0.1, 0.15) is 58.2 Å². The molecule has 3 N–H and O–H groups in total. The smallest absolute Gasteiger partial charge is 0.408 e. The minimum absolute atomic E-state index is 0.0919. The Labute approximate surface area is 246 Å². The number of aryl methyl sites for hydroxylation is 1. The first-order valence-electron chi connectivity index (χ1n) is 13.7. The molecule has 0 radical (unpaired) electrons. The van der Waals surface area contributed by atoms with Crippen molar-refractivity contribution in [2.75, 3.05) is 17.3 Å². The molecular formula is C32H41N3O5S. The maximum Gasteiger partial charge on any atom is 0.408 e. The van der Waals surface area contributed by atoms with E-state index in [9.17, 15) is 19.5 Å². The van der Waals surface area contributed by atoms with Gasteiger partial charge in [-0.2, -0.15) is 11.8 Å². The number of nitrogens with zero attached hydrogens (tertiary/aromatic N) is 1. The number of ether oxygens (including phenoxy) is 1. The molecule has 0 heterocycles. The molecule has 0 fully saturated rings. The minimum atomic E-state index is -1.04. The monoisotopic (exact) mass is 579 g/mol. The van der Waals surface area contributed by atoms with Gasteiger partial charge in [0, 0.05) is 11.7 Å². The van der Waals surface area contributed by atoms with Crippen LogP contribution < -0.4 is 10.6 Å². The second kappa shape index (κ2) is 13.8. The van der Waals surface area contributed by atoms with Crippen LogP contribution in [0.5, 0.6) is 5.75 Å². The van der Waals surface area contributed by atoms with E-state index >= 15 is 0 Å². The van der Waals surface area contributed by atoms with Gasteiger partial charge in [0.1, 0.15) is 23.4 Å². The lowest BCUT2D eigenvalue weighted by atomic mass is 9.98. The van der Waals surface area contributed by atoms with Crippen molar-refractivity contribution in [1.29, 1.82) is 0 Å². The van der Waals surface area contributed by atoms with Gasteiger partial charge in [-0.1, -0.05) is 36.4 Å². The van der Waals surface area contributed by atoms with E-state index in [2.05, 4.69) is 10.6 Å². The van der Waals surface area contributed by atoms with Crippen molar-refractivity contribution in [1.82, 2.24) is 10.2 Å². The quantitative estimate of drug-likeness (QED) is 0.256. The number of nitrogens with one attached hydrogen (secondary N) is 2. The van der Waals surface area contributed by atoms with Gasteiger partial charge in [0.15, 0.2) is 0 Å². The maximum absolute atomic E-state index is 14.2. The molecule has 220 valence electrons. The number of phenols is 1. The Morgan fingerprint density at radius 1 is 1.00 bits per heavy atom. The summed E-state index contributed by atoms with van der Waals surface area (Å²) >= 11 is 1.56. The third kappa shape index (κ3) is 8.63. The van der Waals surface area contributed by atoms with Gasteiger partial charge in [0.2, 0.25) is 5.91 Å². The number of amides is 3. The van der Waals surface area contributed by atoms with Crippen LogP contribution in [0.25, 0.3) is 10.8 Å². The number of carbonyl (C=O) groups is 3. The van der Waals surface area contributed by atoms with Crippen LogP contribution in [0.15, 0.2) is 60.7 Å². The molecule has 0 aliphatic carbocycles. The molecule has 9 heteroatoms. The van der Waals surface area contributed by atoms with Crippen molar-refractivity contribution in [3.05, 3.63) is 71.8 Å². The lowest BCUT2D eigenvalue weighted by molar-refractivity contribution is -0.143. The molecule has 41 heavy (non-hydrogen) atoms. The number of hydrogen-bond acceptors (Lipinski definition) is 6. The van der Waals surface area contributed by atoms with Crippen molar-refractivity contribution in [3.8, 4) is 5.75 Å². The van der Waals surface area contributed by atoms with Crippen molar-refractivity contribution in [3.63, 3.8) is 0 Å². The molecular weight excluding hydrogens is 538 g/mol. The lowest BCUT2D eigenvalue weighted by Crippen LogP contribution is -2.54. The summed E-state index contributed by atoms with van der Waals surface area (Å²) < 4.78 is 5.44. The highest BCUT2D eigenvalue weighted by atomic mass is 32.2. The van der Waals surface area contributed by atoms with Gasteiger partial charge in [-0.25, -0.2) is 4.79 Å². The van der Waals surface area contributed by atoms with E-state index in [1.54, 1.807) is 51.6 Å². The van der Waals surface area contributed by atoms with E-state index in [1.807, 2.05) is 62.6 Å². The summed E-state index contributed by atoms with van der Waals surface area (Å²) in [4.78, 5) is 42.5. The Balaban J connectivity index is 2.03. The first kappa shape index (κ1) is 31.8. The van der Waals surface area contributed by atoms with Gasteiger partial charge < -0.3 is 25.4 Å². The first-order chi connectivity index (χ1) is 19.3. The number of aromatic hydroxyl groups is 1. The van der Waals surface area contributed by atoms with Crippen LogP contribution >= 0.6 is 11.8 Å². The van der Waals surface area contributed by atoms with Gasteiger partial charge >= 0.3 is 6.09 Å². The zero-order valence-corrected chi connectivity index (χ0v) is 25.7. The van der Waals surface area contributed by atoms with Crippen LogP contribution in [0.3, 0.4) is 0 Å². The first-order valence-corrected chi connectivity index (χ1v) is 15.1. The molecule has 0 aliphatic heterocycles. The predicted octanol–water partition coefficient (Wildman–Crippen LogP) is 6.42. The normalized spacial score (nSPS) is 13.0. The summed E-state index contributed by atoms with van der Waals surface area (Å²) in [5.74, 6) is -0.100. The Hall–Kier alpha value is -3.72. The van der Waals surface area contributed by atoms with E-state index in [4.69, 9.17) is 4.74 Å². The molecule has 3 aromatic carbocycles. The molecule has 0 aliphatic rings. The number of phenolic OH excluding ortho intramolecular Hbond substituents is 1. The van der Waals surface area contributed by atoms with Crippen LogP contribution in [0.4, 0.5) is 10.5 Å². The maximum atomic E-state index is 14.2. The summed E-state index contributed by atoms with van der Waals surface area (Å²) in [5, 5.41) is 17.9. The summed E-state index contributed by atoms with van der Waals surface area (Å²) in [6.45, 7) is 10.7. The standard InChI is InChI=1S/C32H41N3O5S/c1-20(2)35(30(38)26(16-17-41-7)34-31(39)40-32(4,5)6)28(24-13-15-27(36)21(3)18-24)29(37)33-25-14-12-22-10-8-9-11-23(22)19-25/h8-15,18-20,26,28,36H,16-17H2,1-7H3,(H,33,37)(H,34,39). The Kier molecular flexibility index (Phi) is 10.7. The molecule has 3 aromatic rings. The number of carbonyl (C=O) groups excluding carboxylic acids is 3. The van der Waals surface area contributed by atoms with Gasteiger partial charge in [-0.05, 0) is 106 Å². The molecule has 2 atom stereocenters. The van der Waals surface area contributed by atoms with Crippen molar-refractivity contribution >= 4 is 46.1 Å². The highest BCUT2D eigenvalue weighted by molar-refractivity contribution is 7.98. The Morgan fingerprint density at radius 2 is 1.68 bits per heavy atom. The average molecular weight is 580 g/mol. The molecule has 3 rings (SSSR count). The van der Waals surface area contributed by atoms with Gasteiger partial charge in [-0.15, -0.1) is 0 Å². The number of rotatable bonds is 10. The zero-order chi connectivity index (χ0) is 30.3. The summed E-state index contributed by atoms with van der Waals surface area (Å²) in [6, 6.07) is 16.0. The molecule has 8 nitrogen and oxygen atoms in total. The molecule has 0 saturated carbocycles. The van der Waals surface area contributed by atoms with Gasteiger partial charge in [0.05, 0.1) is 0 Å². The summed E-state index contributed by atoms with van der Waals surface area (Å²) in [6.07, 6.45) is 1.59. The lowest BCUT2D eigenvalue weighted by Gasteiger charge is -2.37. The predicted molar refractivity (Wildman–Crippen MR) is 166 cm³/mol. The van der Waals surface area contributed by atoms with E-state index in [0.29, 0.717) is 29.0 Å². The topological polar surface area (TPSA) is 108 Å². The second-order valence-electron chi connectivity index (χ2n) is 11.3. The average Bonchev–Trinajstić information content (AvgIpc) is 2.89. The largest absolute Gasteiger partial charge is 0.508 e.